The topological polar surface area (TPSA) is 20.2 Å². The van der Waals surface area contributed by atoms with E-state index >= 15 is 0 Å². The molecule has 1 nitrogen and oxygen atoms in total. The van der Waals surface area contributed by atoms with Crippen LogP contribution in [0.1, 0.15) is 0 Å². The molecule has 0 saturated heterocycles. The minimum absolute atomic E-state index is 3.10. The molecule has 0 heterocycles. The van der Waals surface area contributed by atoms with Gasteiger partial charge in [-0.25, -0.2) is 0 Å². The molecule has 30 heavy (non-hydrogen) atoms. The van der Waals surface area contributed by atoms with E-state index in [2.05, 4.69) is 0 Å². The van der Waals surface area contributed by atoms with E-state index in [1.54, 1.807) is 0 Å². The van der Waals surface area contributed by atoms with Crippen molar-refractivity contribution in [3.8, 4) is 0 Å². The fourth-order valence-electron chi connectivity index (χ4n) is 1.99. The fourth-order valence-corrected chi connectivity index (χ4v) is 9.10. The van der Waals surface area contributed by atoms with Crippen molar-refractivity contribution >= 4 is 220 Å². The summed E-state index contributed by atoms with van der Waals surface area (Å²) in [4.78, 5) is 0. The molecule has 0 atom stereocenters. The summed E-state index contributed by atoms with van der Waals surface area (Å²) in [5.74, 6) is 0. The highest BCUT2D eigenvalue weighted by Gasteiger charge is 2.89. The minimum Gasteiger partial charge on any atom is -0.370 e. The summed E-state index contributed by atoms with van der Waals surface area (Å²) < 4.78 is -28.5. The summed E-state index contributed by atoms with van der Waals surface area (Å²) in [7, 11) is 0. The molecule has 1 fully saturated rings. The lowest BCUT2D eigenvalue weighted by atomic mass is 9.92. The molecule has 1 aliphatic carbocycles. The van der Waals surface area contributed by atoms with Crippen LogP contribution >= 0.6 is 220 Å². The second-order valence-electron chi connectivity index (χ2n) is 5.79. The smallest absolute Gasteiger partial charge is 0.211 e. The fraction of sp³-hybridized carbons (Fsp3) is 1.00. The van der Waals surface area contributed by atoms with Crippen molar-refractivity contribution < 1.29 is 5.11 Å². The van der Waals surface area contributed by atoms with Crippen molar-refractivity contribution in [3.63, 3.8) is 0 Å². The first kappa shape index (κ1) is 33.5. The molecule has 1 aliphatic rings. The van der Waals surface area contributed by atoms with Gasteiger partial charge in [-0.1, -0.05) is 220 Å². The molecule has 180 valence electrons. The van der Waals surface area contributed by atoms with Crippen LogP contribution in [-0.4, -0.2) is 49.2 Å². The third kappa shape index (κ3) is 3.87. The lowest BCUT2D eigenvalue weighted by Crippen LogP contribution is -2.79. The highest BCUT2D eigenvalue weighted by atomic mass is 35.6. The van der Waals surface area contributed by atoms with Crippen molar-refractivity contribution in [3.05, 3.63) is 0 Å². The molecule has 0 unspecified atom stereocenters. The Hall–Kier alpha value is 5.47. The van der Waals surface area contributed by atoms with Gasteiger partial charge in [0.05, 0.1) is 0 Å². The average molecular weight is 811 g/mol. The Balaban J connectivity index is 4.35. The van der Waals surface area contributed by atoms with Gasteiger partial charge in [-0.3, -0.25) is 0 Å². The minimum atomic E-state index is -3.53. The van der Waals surface area contributed by atoms with Gasteiger partial charge in [0, 0.05) is 0 Å². The lowest BCUT2D eigenvalue weighted by molar-refractivity contribution is 0.0720. The highest BCUT2D eigenvalue weighted by molar-refractivity contribution is 6.82. The molecule has 1 rings (SSSR count). The van der Waals surface area contributed by atoms with Crippen LogP contribution in [0.4, 0.5) is 0 Å². The van der Waals surface area contributed by atoms with Crippen LogP contribution in [0.15, 0.2) is 0 Å². The Morgan fingerprint density at radius 3 is 0.467 bits per heavy atom. The summed E-state index contributed by atoms with van der Waals surface area (Å²) in [6.07, 6.45) is 0. The van der Waals surface area contributed by atoms with Gasteiger partial charge in [-0.15, -0.1) is 0 Å². The molecular formula is C10HCl19O. The Morgan fingerprint density at radius 1 is 0.233 bits per heavy atom. The number of alkyl halides is 19. The number of hydrogen-bond acceptors (Lipinski definition) is 1. The van der Waals surface area contributed by atoms with Crippen molar-refractivity contribution in [2.24, 2.45) is 0 Å². The van der Waals surface area contributed by atoms with E-state index < -0.39 is 44.1 Å². The van der Waals surface area contributed by atoms with Crippen molar-refractivity contribution in [1.82, 2.24) is 0 Å². The third-order valence-corrected chi connectivity index (χ3v) is 18.2. The van der Waals surface area contributed by atoms with Gasteiger partial charge >= 0.3 is 0 Å². The number of hydrogen-bond donors (Lipinski definition) is 1. The molecular weight excluding hydrogens is 810 g/mol. The zero-order valence-corrected chi connectivity index (χ0v) is 27.0. The number of aliphatic hydroxyl groups is 1. The van der Waals surface area contributed by atoms with E-state index in [1.165, 1.54) is 0 Å². The monoisotopic (exact) mass is 801 g/mol. The van der Waals surface area contributed by atoms with Gasteiger partial charge in [0.25, 0.3) is 0 Å². The van der Waals surface area contributed by atoms with Gasteiger partial charge < -0.3 is 5.11 Å². The van der Waals surface area contributed by atoms with E-state index in [0.717, 1.165) is 0 Å². The van der Waals surface area contributed by atoms with Crippen molar-refractivity contribution in [2.45, 2.75) is 44.1 Å². The van der Waals surface area contributed by atoms with E-state index in [4.69, 9.17) is 220 Å². The Morgan fingerprint density at radius 2 is 0.333 bits per heavy atom. The molecule has 1 N–H and O–H groups in total. The molecule has 0 amide bonds. The summed E-state index contributed by atoms with van der Waals surface area (Å²) in [5, 5.41) is 7.45. The molecule has 0 spiro atoms. The number of rotatable bonds is 0. The van der Waals surface area contributed by atoms with Gasteiger partial charge in [-0.2, -0.15) is 0 Å². The summed E-state index contributed by atoms with van der Waals surface area (Å²) in [6, 6.07) is 0. The molecule has 0 radical (unpaired) electrons. The van der Waals surface area contributed by atoms with Crippen LogP contribution in [0.2, 0.25) is 0 Å². The van der Waals surface area contributed by atoms with E-state index in [9.17, 15) is 5.11 Å². The molecule has 1 saturated carbocycles. The Kier molecular flexibility index (Phi) is 10.1. The van der Waals surface area contributed by atoms with Crippen LogP contribution < -0.4 is 0 Å². The van der Waals surface area contributed by atoms with Gasteiger partial charge in [0.1, 0.15) is 0 Å². The molecule has 0 aromatic heterocycles. The zero-order valence-electron chi connectivity index (χ0n) is 12.6. The van der Waals surface area contributed by atoms with Crippen LogP contribution in [0, 0.1) is 0 Å². The second-order valence-corrected chi connectivity index (χ2v) is 18.3. The second kappa shape index (κ2) is 9.01. The predicted molar refractivity (Wildman–Crippen MR) is 141 cm³/mol. The molecule has 0 aromatic rings. The molecule has 20 heteroatoms. The quantitative estimate of drug-likeness (QED) is 0.242. The van der Waals surface area contributed by atoms with E-state index in [-0.39, 0.29) is 0 Å². The Labute approximate surface area is 266 Å². The lowest BCUT2D eigenvalue weighted by Gasteiger charge is -2.61. The van der Waals surface area contributed by atoms with E-state index in [1.807, 2.05) is 0 Å². The largest absolute Gasteiger partial charge is 0.370 e. The van der Waals surface area contributed by atoms with Crippen LogP contribution in [0.25, 0.3) is 0 Å². The van der Waals surface area contributed by atoms with Crippen LogP contribution in [0.3, 0.4) is 0 Å². The normalized spacial score (nSPS) is 34.0. The summed E-state index contributed by atoms with van der Waals surface area (Å²) in [5.41, 5.74) is 0. The highest BCUT2D eigenvalue weighted by Crippen LogP contribution is 2.77. The summed E-state index contributed by atoms with van der Waals surface area (Å²) in [6.45, 7) is 0. The van der Waals surface area contributed by atoms with Gasteiger partial charge in [-0.05, 0) is 0 Å². The van der Waals surface area contributed by atoms with Crippen LogP contribution in [-0.2, 0) is 0 Å². The first-order valence-electron chi connectivity index (χ1n) is 6.31. The average Bonchev–Trinajstić information content (AvgIpc) is 2.51. The molecule has 0 aromatic carbocycles. The van der Waals surface area contributed by atoms with Crippen LogP contribution in [0.5, 0.6) is 0 Å². The number of halogens is 19. The molecule has 0 aliphatic heterocycles. The standard InChI is InChI=1S/C10HCl19O/c11-1(12)2(13,14)4(17,18)6(21,22)8(25,26)10(29,30)9(27,28)7(23,24)5(19,20)3(1,15)16/h30H. The van der Waals surface area contributed by atoms with Crippen molar-refractivity contribution in [1.29, 1.82) is 0 Å². The van der Waals surface area contributed by atoms with Gasteiger partial charge in [0.2, 0.25) is 5.06 Å². The van der Waals surface area contributed by atoms with Crippen molar-refractivity contribution in [2.75, 3.05) is 0 Å². The van der Waals surface area contributed by atoms with E-state index in [0.29, 0.717) is 0 Å². The first-order valence-corrected chi connectivity index (χ1v) is 13.5. The first-order chi connectivity index (χ1) is 12.5. The third-order valence-electron chi connectivity index (χ3n) is 3.99. The van der Waals surface area contributed by atoms with Gasteiger partial charge in [0.15, 0.2) is 39.0 Å². The maximum Gasteiger partial charge on any atom is 0.211 e. The molecule has 0 bridgehead atoms. The SMILES string of the molecule is OC1(Cl)C(Cl)(Cl)C(Cl)(Cl)C(Cl)(Cl)C(Cl)(Cl)C(Cl)(Cl)C(Cl)(Cl)C(Cl)(Cl)C(Cl)(Cl)C1(Cl)Cl. The zero-order chi connectivity index (χ0) is 25.0. The Bertz CT molecular complexity index is 463. The maximum absolute atomic E-state index is 11.0. The summed E-state index contributed by atoms with van der Waals surface area (Å²) >= 11 is 118. The predicted octanol–water partition coefficient (Wildman–Crippen LogP) is 10.5. The maximum atomic E-state index is 11.0.